The van der Waals surface area contributed by atoms with Crippen LogP contribution in [-0.4, -0.2) is 76.2 Å². The monoisotopic (exact) mass is 419 g/mol. The normalized spacial score (nSPS) is 18.5. The highest BCUT2D eigenvalue weighted by Gasteiger charge is 2.32. The molecule has 1 fully saturated rings. The molecular formula is C17H25N9O2S. The number of carbonyl (C=O) groups is 1. The molecule has 11 nitrogen and oxygen atoms in total. The Labute approximate surface area is 174 Å². The fourth-order valence-electron chi connectivity index (χ4n) is 2.73. The Balaban J connectivity index is 1.74. The second kappa shape index (κ2) is 8.90. The Hall–Kier alpha value is -3.15. The van der Waals surface area contributed by atoms with Crippen LogP contribution < -0.4 is 21.7 Å². The lowest BCUT2D eigenvalue weighted by atomic mass is 10.1. The highest BCUT2D eigenvalue weighted by Crippen LogP contribution is 2.18. The van der Waals surface area contributed by atoms with Crippen molar-refractivity contribution in [3.63, 3.8) is 0 Å². The second-order valence-electron chi connectivity index (χ2n) is 6.64. The van der Waals surface area contributed by atoms with Crippen molar-refractivity contribution in [2.45, 2.75) is 26.1 Å². The molecule has 0 aliphatic carbocycles. The lowest BCUT2D eigenvalue weighted by Crippen LogP contribution is -2.57. The summed E-state index contributed by atoms with van der Waals surface area (Å²) < 4.78 is 5.00. The Kier molecular flexibility index (Phi) is 6.32. The molecule has 0 spiro atoms. The second-order valence-corrected chi connectivity index (χ2v) is 7.06. The highest BCUT2D eigenvalue weighted by atomic mass is 32.1. The number of nitrogens with one attached hydrogen (secondary N) is 3. The van der Waals surface area contributed by atoms with Gasteiger partial charge in [-0.15, -0.1) is 0 Å². The van der Waals surface area contributed by atoms with Crippen molar-refractivity contribution in [3.05, 3.63) is 23.7 Å². The van der Waals surface area contributed by atoms with Gasteiger partial charge < -0.3 is 31.3 Å². The maximum Gasteiger partial charge on any atom is 0.409 e. The number of thiocarbonyl (C=S) groups is 1. The van der Waals surface area contributed by atoms with Crippen LogP contribution in [0.1, 0.15) is 25.2 Å². The Morgan fingerprint density at radius 2 is 2.31 bits per heavy atom. The van der Waals surface area contributed by atoms with E-state index in [4.69, 9.17) is 22.7 Å². The molecule has 12 heteroatoms. The third-order valence-electron chi connectivity index (χ3n) is 4.29. The number of aromatic nitrogens is 2. The summed E-state index contributed by atoms with van der Waals surface area (Å²) in [6.07, 6.45) is 3.23. The van der Waals surface area contributed by atoms with Crippen molar-refractivity contribution in [3.8, 4) is 0 Å². The Morgan fingerprint density at radius 1 is 1.55 bits per heavy atom. The molecule has 1 unspecified atom stereocenters. The Morgan fingerprint density at radius 3 is 2.93 bits per heavy atom. The molecule has 3 rings (SSSR count). The molecule has 5 N–H and O–H groups in total. The average molecular weight is 420 g/mol. The van der Waals surface area contributed by atoms with Gasteiger partial charge in [-0.3, -0.25) is 0 Å². The van der Waals surface area contributed by atoms with Gasteiger partial charge in [0.1, 0.15) is 0 Å². The van der Waals surface area contributed by atoms with E-state index >= 15 is 0 Å². The van der Waals surface area contributed by atoms with Crippen LogP contribution >= 0.6 is 12.2 Å². The highest BCUT2D eigenvalue weighted by molar-refractivity contribution is 7.80. The molecule has 1 saturated heterocycles. The predicted molar refractivity (Wildman–Crippen MR) is 114 cm³/mol. The van der Waals surface area contributed by atoms with Crippen molar-refractivity contribution in [1.82, 2.24) is 30.5 Å². The van der Waals surface area contributed by atoms with E-state index in [1.54, 1.807) is 25.1 Å². The van der Waals surface area contributed by atoms with Gasteiger partial charge in [0.15, 0.2) is 5.11 Å². The molecule has 1 atom stereocenters. The van der Waals surface area contributed by atoms with Gasteiger partial charge in [0.05, 0.1) is 42.1 Å². The molecule has 0 bridgehead atoms. The minimum Gasteiger partial charge on any atom is -0.450 e. The molecule has 1 aromatic heterocycles. The zero-order valence-corrected chi connectivity index (χ0v) is 17.4. The van der Waals surface area contributed by atoms with Crippen LogP contribution in [0.25, 0.3) is 5.70 Å². The summed E-state index contributed by atoms with van der Waals surface area (Å²) in [6.45, 7) is 5.20. The number of likely N-dealkylation sites (tertiary alicyclic amines) is 1. The molecule has 1 aromatic rings. The maximum atomic E-state index is 11.7. The minimum atomic E-state index is -0.311. The van der Waals surface area contributed by atoms with Crippen LogP contribution in [0.15, 0.2) is 17.4 Å². The third kappa shape index (κ3) is 5.22. The number of amides is 1. The fourth-order valence-corrected chi connectivity index (χ4v) is 2.77. The topological polar surface area (TPSA) is 133 Å². The first kappa shape index (κ1) is 20.6. The van der Waals surface area contributed by atoms with E-state index in [1.165, 1.54) is 5.01 Å². The summed E-state index contributed by atoms with van der Waals surface area (Å²) in [4.78, 5) is 22.4. The first-order valence-corrected chi connectivity index (χ1v) is 9.64. The van der Waals surface area contributed by atoms with Gasteiger partial charge >= 0.3 is 6.09 Å². The molecule has 2 aliphatic rings. The number of rotatable bonds is 6. The molecule has 0 saturated carbocycles. The standard InChI is InChI=1S/C17H25N9O2S/c1-4-28-17(27)26-8-12(9-26)23-16-22-11(6-20-25(3)15(18)29)5-13(24-16)14-7-19-10(2)21-14/h5-7,10,12,19,21H,4,8-9H2,1-3H3,(H2,18,29)(H,22,23,24)/b20-6+. The average Bonchev–Trinajstić information content (AvgIpc) is 3.08. The number of carbonyl (C=O) groups excluding carboxylic acids is 1. The SMILES string of the molecule is CCOC(=O)N1CC(Nc2nc(/C=N/N(C)C(N)=S)cc(C3=CNC(C)N3)n2)C1. The van der Waals surface area contributed by atoms with Crippen LogP contribution in [0.3, 0.4) is 0 Å². The van der Waals surface area contributed by atoms with E-state index < -0.39 is 0 Å². The fraction of sp³-hybridized carbons (Fsp3) is 0.471. The molecule has 3 heterocycles. The maximum absolute atomic E-state index is 11.7. The summed E-state index contributed by atoms with van der Waals surface area (Å²) in [6, 6.07) is 1.85. The molecule has 29 heavy (non-hydrogen) atoms. The van der Waals surface area contributed by atoms with Gasteiger partial charge in [-0.2, -0.15) is 5.10 Å². The lowest BCUT2D eigenvalue weighted by molar-refractivity contribution is 0.0794. The van der Waals surface area contributed by atoms with Crippen molar-refractivity contribution in [1.29, 1.82) is 0 Å². The number of hydrogen-bond acceptors (Lipinski definition) is 9. The summed E-state index contributed by atoms with van der Waals surface area (Å²) in [5.74, 6) is 0.442. The molecule has 1 amide bonds. The third-order valence-corrected chi connectivity index (χ3v) is 4.56. The van der Waals surface area contributed by atoms with Gasteiger partial charge in [0.25, 0.3) is 0 Å². The lowest BCUT2D eigenvalue weighted by Gasteiger charge is -2.38. The van der Waals surface area contributed by atoms with Crippen molar-refractivity contribution in [2.24, 2.45) is 10.8 Å². The van der Waals surface area contributed by atoms with Crippen LogP contribution in [0.5, 0.6) is 0 Å². The number of nitrogens with zero attached hydrogens (tertiary/aromatic N) is 5. The largest absolute Gasteiger partial charge is 0.450 e. The predicted octanol–water partition coefficient (Wildman–Crippen LogP) is 0.0757. The minimum absolute atomic E-state index is 0.0429. The number of hydrogen-bond donors (Lipinski definition) is 4. The van der Waals surface area contributed by atoms with Gasteiger partial charge in [0, 0.05) is 26.3 Å². The van der Waals surface area contributed by atoms with E-state index in [-0.39, 0.29) is 23.4 Å². The molecular weight excluding hydrogens is 394 g/mol. The van der Waals surface area contributed by atoms with E-state index in [0.717, 1.165) is 5.70 Å². The number of nitrogens with two attached hydrogens (primary N) is 1. The van der Waals surface area contributed by atoms with E-state index in [1.807, 2.05) is 19.2 Å². The molecule has 156 valence electrons. The number of anilines is 1. The van der Waals surface area contributed by atoms with E-state index in [0.29, 0.717) is 37.0 Å². The number of ether oxygens (including phenoxy) is 1. The zero-order chi connectivity index (χ0) is 21.0. The van der Waals surface area contributed by atoms with Crippen LogP contribution in [0, 0.1) is 0 Å². The summed E-state index contributed by atoms with van der Waals surface area (Å²) in [7, 11) is 1.66. The van der Waals surface area contributed by atoms with Crippen molar-refractivity contribution >= 4 is 41.3 Å². The van der Waals surface area contributed by atoms with Gasteiger partial charge in [-0.1, -0.05) is 0 Å². The quantitative estimate of drug-likeness (QED) is 0.285. The number of hydrazone groups is 1. The first-order chi connectivity index (χ1) is 13.9. The summed E-state index contributed by atoms with van der Waals surface area (Å²) in [5.41, 5.74) is 7.70. The summed E-state index contributed by atoms with van der Waals surface area (Å²) in [5, 5.41) is 15.4. The van der Waals surface area contributed by atoms with Gasteiger partial charge in [-0.05, 0) is 32.1 Å². The van der Waals surface area contributed by atoms with Crippen molar-refractivity contribution in [2.75, 3.05) is 32.1 Å². The molecule has 2 aliphatic heterocycles. The Bertz CT molecular complexity index is 838. The smallest absolute Gasteiger partial charge is 0.409 e. The van der Waals surface area contributed by atoms with Gasteiger partial charge in [-0.25, -0.2) is 19.8 Å². The summed E-state index contributed by atoms with van der Waals surface area (Å²) >= 11 is 4.89. The molecule has 0 aromatic carbocycles. The zero-order valence-electron chi connectivity index (χ0n) is 16.5. The van der Waals surface area contributed by atoms with Crippen LogP contribution in [0.2, 0.25) is 0 Å². The van der Waals surface area contributed by atoms with Crippen molar-refractivity contribution < 1.29 is 9.53 Å². The van der Waals surface area contributed by atoms with Crippen LogP contribution in [-0.2, 0) is 4.74 Å². The van der Waals surface area contributed by atoms with Crippen LogP contribution in [0.4, 0.5) is 10.7 Å². The van der Waals surface area contributed by atoms with E-state index in [2.05, 4.69) is 31.0 Å². The van der Waals surface area contributed by atoms with Gasteiger partial charge in [0.2, 0.25) is 5.95 Å². The molecule has 0 radical (unpaired) electrons. The first-order valence-electron chi connectivity index (χ1n) is 9.23. The van der Waals surface area contributed by atoms with E-state index in [9.17, 15) is 4.79 Å².